The summed E-state index contributed by atoms with van der Waals surface area (Å²) in [5.41, 5.74) is 0.730. The molecule has 0 radical (unpaired) electrons. The minimum Gasteiger partial charge on any atom is -0.394 e. The van der Waals surface area contributed by atoms with Crippen LogP contribution in [0.2, 0.25) is 0 Å². The highest BCUT2D eigenvalue weighted by molar-refractivity contribution is 5.22. The summed E-state index contributed by atoms with van der Waals surface area (Å²) in [5, 5.41) is 8.90. The van der Waals surface area contributed by atoms with E-state index in [1.807, 2.05) is 12.1 Å². The minimum atomic E-state index is -0.159. The van der Waals surface area contributed by atoms with Gasteiger partial charge in [0, 0.05) is 5.92 Å². The molecule has 0 spiro atoms. The molecule has 2 unspecified atom stereocenters. The van der Waals surface area contributed by atoms with E-state index in [1.165, 1.54) is 6.07 Å². The Bertz CT molecular complexity index is 319. The number of halogens is 1. The summed E-state index contributed by atoms with van der Waals surface area (Å²) < 4.78 is 18.9. The maximum absolute atomic E-state index is 13.4. The second-order valence-corrected chi connectivity index (χ2v) is 3.93. The van der Waals surface area contributed by atoms with Crippen molar-refractivity contribution >= 4 is 0 Å². The van der Waals surface area contributed by atoms with Gasteiger partial charge in [-0.25, -0.2) is 4.39 Å². The van der Waals surface area contributed by atoms with Crippen LogP contribution >= 0.6 is 0 Å². The molecule has 1 aromatic carbocycles. The van der Waals surface area contributed by atoms with Crippen molar-refractivity contribution < 1.29 is 14.2 Å². The first kappa shape index (κ1) is 10.6. The fourth-order valence-corrected chi connectivity index (χ4v) is 2.00. The SMILES string of the molecule is OCC1CCC(c2ccccc2F)CO1. The van der Waals surface area contributed by atoms with E-state index in [-0.39, 0.29) is 24.4 Å². The molecule has 1 fully saturated rings. The monoisotopic (exact) mass is 210 g/mol. The summed E-state index contributed by atoms with van der Waals surface area (Å²) in [4.78, 5) is 0. The fraction of sp³-hybridized carbons (Fsp3) is 0.500. The van der Waals surface area contributed by atoms with E-state index in [2.05, 4.69) is 0 Å². The predicted molar refractivity (Wildman–Crippen MR) is 55.2 cm³/mol. The Morgan fingerprint density at radius 2 is 2.13 bits per heavy atom. The topological polar surface area (TPSA) is 29.5 Å². The Labute approximate surface area is 88.7 Å². The van der Waals surface area contributed by atoms with Gasteiger partial charge in [-0.05, 0) is 24.5 Å². The van der Waals surface area contributed by atoms with Gasteiger partial charge in [0.15, 0.2) is 0 Å². The summed E-state index contributed by atoms with van der Waals surface area (Å²) in [6.45, 7) is 0.566. The highest BCUT2D eigenvalue weighted by Gasteiger charge is 2.23. The molecular weight excluding hydrogens is 195 g/mol. The van der Waals surface area contributed by atoms with Gasteiger partial charge in [0.1, 0.15) is 5.82 Å². The lowest BCUT2D eigenvalue weighted by Crippen LogP contribution is -2.27. The Hall–Kier alpha value is -0.930. The molecule has 2 atom stereocenters. The van der Waals surface area contributed by atoms with Crippen LogP contribution in [-0.2, 0) is 4.74 Å². The first-order valence-corrected chi connectivity index (χ1v) is 5.28. The van der Waals surface area contributed by atoms with E-state index in [0.717, 1.165) is 18.4 Å². The van der Waals surface area contributed by atoms with Gasteiger partial charge >= 0.3 is 0 Å². The third kappa shape index (κ3) is 2.36. The van der Waals surface area contributed by atoms with Gasteiger partial charge < -0.3 is 9.84 Å². The second-order valence-electron chi connectivity index (χ2n) is 3.93. The number of aliphatic hydroxyl groups excluding tert-OH is 1. The Morgan fingerprint density at radius 3 is 2.73 bits per heavy atom. The molecule has 1 aliphatic rings. The van der Waals surface area contributed by atoms with Gasteiger partial charge in [0.25, 0.3) is 0 Å². The maximum Gasteiger partial charge on any atom is 0.126 e. The number of aliphatic hydroxyl groups is 1. The Morgan fingerprint density at radius 1 is 1.33 bits per heavy atom. The lowest BCUT2D eigenvalue weighted by Gasteiger charge is -2.28. The predicted octanol–water partition coefficient (Wildman–Crippen LogP) is 2.08. The van der Waals surface area contributed by atoms with Crippen LogP contribution in [0, 0.1) is 5.82 Å². The van der Waals surface area contributed by atoms with E-state index in [1.54, 1.807) is 6.07 Å². The number of benzene rings is 1. The smallest absolute Gasteiger partial charge is 0.126 e. The average molecular weight is 210 g/mol. The van der Waals surface area contributed by atoms with Gasteiger partial charge in [0.2, 0.25) is 0 Å². The minimum absolute atomic E-state index is 0.0595. The zero-order valence-corrected chi connectivity index (χ0v) is 8.53. The highest BCUT2D eigenvalue weighted by Crippen LogP contribution is 2.29. The van der Waals surface area contributed by atoms with Crippen LogP contribution in [0.1, 0.15) is 24.3 Å². The highest BCUT2D eigenvalue weighted by atomic mass is 19.1. The molecule has 0 saturated carbocycles. The summed E-state index contributed by atoms with van der Waals surface area (Å²) in [5.74, 6) is -0.0254. The van der Waals surface area contributed by atoms with Crippen LogP contribution in [0.25, 0.3) is 0 Å². The molecule has 15 heavy (non-hydrogen) atoms. The quantitative estimate of drug-likeness (QED) is 0.809. The van der Waals surface area contributed by atoms with E-state index in [9.17, 15) is 4.39 Å². The van der Waals surface area contributed by atoms with Crippen molar-refractivity contribution in [3.05, 3.63) is 35.6 Å². The molecule has 0 bridgehead atoms. The Balaban J connectivity index is 2.04. The molecule has 0 aromatic heterocycles. The van der Waals surface area contributed by atoms with Crippen LogP contribution in [0.4, 0.5) is 4.39 Å². The van der Waals surface area contributed by atoms with Crippen molar-refractivity contribution in [1.29, 1.82) is 0 Å². The molecular formula is C12H15FO2. The van der Waals surface area contributed by atoms with Crippen LogP contribution in [-0.4, -0.2) is 24.4 Å². The van der Waals surface area contributed by atoms with E-state index in [0.29, 0.717) is 6.61 Å². The third-order valence-electron chi connectivity index (χ3n) is 2.92. The van der Waals surface area contributed by atoms with Gasteiger partial charge in [0.05, 0.1) is 19.3 Å². The average Bonchev–Trinajstić information content (AvgIpc) is 2.30. The van der Waals surface area contributed by atoms with Crippen molar-refractivity contribution in [1.82, 2.24) is 0 Å². The van der Waals surface area contributed by atoms with E-state index >= 15 is 0 Å². The molecule has 2 nitrogen and oxygen atoms in total. The first-order chi connectivity index (χ1) is 7.31. The van der Waals surface area contributed by atoms with Crippen LogP contribution in [0.15, 0.2) is 24.3 Å². The molecule has 1 aliphatic heterocycles. The maximum atomic E-state index is 13.4. The van der Waals surface area contributed by atoms with Crippen LogP contribution < -0.4 is 0 Å². The van der Waals surface area contributed by atoms with Gasteiger partial charge in [-0.15, -0.1) is 0 Å². The molecule has 2 rings (SSSR count). The lowest BCUT2D eigenvalue weighted by atomic mass is 9.91. The van der Waals surface area contributed by atoms with Gasteiger partial charge in [-0.3, -0.25) is 0 Å². The molecule has 3 heteroatoms. The van der Waals surface area contributed by atoms with Gasteiger partial charge in [-0.1, -0.05) is 18.2 Å². The number of rotatable bonds is 2. The fourth-order valence-electron chi connectivity index (χ4n) is 2.00. The Kier molecular flexibility index (Phi) is 3.34. The van der Waals surface area contributed by atoms with Crippen molar-refractivity contribution in [2.75, 3.05) is 13.2 Å². The van der Waals surface area contributed by atoms with Crippen molar-refractivity contribution in [2.24, 2.45) is 0 Å². The van der Waals surface area contributed by atoms with Crippen LogP contribution in [0.5, 0.6) is 0 Å². The third-order valence-corrected chi connectivity index (χ3v) is 2.92. The second kappa shape index (κ2) is 4.73. The standard InChI is InChI=1S/C12H15FO2/c13-12-4-2-1-3-11(12)9-5-6-10(7-14)15-8-9/h1-4,9-10,14H,5-8H2. The van der Waals surface area contributed by atoms with E-state index < -0.39 is 0 Å². The largest absolute Gasteiger partial charge is 0.394 e. The molecule has 82 valence electrons. The first-order valence-electron chi connectivity index (χ1n) is 5.28. The lowest BCUT2D eigenvalue weighted by molar-refractivity contribution is -0.0274. The number of hydrogen-bond acceptors (Lipinski definition) is 2. The summed E-state index contributed by atoms with van der Waals surface area (Å²) >= 11 is 0. The normalized spacial score (nSPS) is 26.5. The number of ether oxygens (including phenoxy) is 1. The van der Waals surface area contributed by atoms with Crippen molar-refractivity contribution in [3.63, 3.8) is 0 Å². The zero-order chi connectivity index (χ0) is 10.7. The molecule has 1 N–H and O–H groups in total. The molecule has 0 amide bonds. The number of hydrogen-bond donors (Lipinski definition) is 1. The van der Waals surface area contributed by atoms with Crippen molar-refractivity contribution in [2.45, 2.75) is 24.9 Å². The zero-order valence-electron chi connectivity index (χ0n) is 8.53. The molecule has 1 saturated heterocycles. The summed E-state index contributed by atoms with van der Waals surface area (Å²) in [7, 11) is 0. The van der Waals surface area contributed by atoms with Gasteiger partial charge in [-0.2, -0.15) is 0 Å². The summed E-state index contributed by atoms with van der Waals surface area (Å²) in [6.07, 6.45) is 1.62. The molecule has 1 heterocycles. The summed E-state index contributed by atoms with van der Waals surface area (Å²) in [6, 6.07) is 6.83. The molecule has 0 aliphatic carbocycles. The van der Waals surface area contributed by atoms with Crippen molar-refractivity contribution in [3.8, 4) is 0 Å². The molecule has 1 aromatic rings. The van der Waals surface area contributed by atoms with Crippen LogP contribution in [0.3, 0.4) is 0 Å². The van der Waals surface area contributed by atoms with E-state index in [4.69, 9.17) is 9.84 Å².